The fourth-order valence-corrected chi connectivity index (χ4v) is 4.90. The van der Waals surface area contributed by atoms with Crippen LogP contribution in [0.25, 0.3) is 10.8 Å². The second-order valence-electron chi connectivity index (χ2n) is 8.97. The van der Waals surface area contributed by atoms with Crippen LogP contribution in [0, 0.1) is 6.92 Å². The van der Waals surface area contributed by atoms with Crippen LogP contribution in [0.3, 0.4) is 0 Å². The summed E-state index contributed by atoms with van der Waals surface area (Å²) in [6, 6.07) is 22.1. The quantitative estimate of drug-likeness (QED) is 0.304. The minimum Gasteiger partial charge on any atom is -0.492 e. The fraction of sp³-hybridized carbons (Fsp3) is 0.172. The summed E-state index contributed by atoms with van der Waals surface area (Å²) in [4.78, 5) is 24.8. The number of rotatable bonds is 3. The summed E-state index contributed by atoms with van der Waals surface area (Å²) >= 11 is 0. The molecule has 174 valence electrons. The molecule has 1 unspecified atom stereocenters. The number of aryl methyl sites for hydroxylation is 1. The van der Waals surface area contributed by atoms with Crippen molar-refractivity contribution in [1.29, 1.82) is 0 Å². The molecule has 0 saturated heterocycles. The number of esters is 2. The van der Waals surface area contributed by atoms with Crippen LogP contribution < -0.4 is 14.2 Å². The molecule has 0 saturated carbocycles. The zero-order valence-corrected chi connectivity index (χ0v) is 19.3. The second kappa shape index (κ2) is 7.87. The highest BCUT2D eigenvalue weighted by Crippen LogP contribution is 2.51. The van der Waals surface area contributed by atoms with Crippen molar-refractivity contribution in [2.45, 2.75) is 12.3 Å². The molecule has 0 aliphatic carbocycles. The fourth-order valence-electron chi connectivity index (χ4n) is 4.90. The van der Waals surface area contributed by atoms with E-state index in [9.17, 15) is 9.59 Å². The lowest BCUT2D eigenvalue weighted by molar-refractivity contribution is 0.0600. The first-order valence-corrected chi connectivity index (χ1v) is 11.3. The molecule has 6 rings (SSSR count). The van der Waals surface area contributed by atoms with Crippen LogP contribution in [-0.2, 0) is 10.2 Å². The molecular weight excluding hydrogens is 444 g/mol. The number of hydrogen-bond acceptors (Lipinski definition) is 6. The SMILES string of the molecule is COC(=O)c1ccc2cc(C(=O)Oc3ccc4c(c3)C3(COc5ccc(C)cc53)CO4)ccc2c1. The van der Waals surface area contributed by atoms with Gasteiger partial charge in [-0.25, -0.2) is 9.59 Å². The van der Waals surface area contributed by atoms with Gasteiger partial charge >= 0.3 is 11.9 Å². The average molecular weight is 466 g/mol. The van der Waals surface area contributed by atoms with Gasteiger partial charge in [0.2, 0.25) is 0 Å². The maximum Gasteiger partial charge on any atom is 0.343 e. The maximum absolute atomic E-state index is 13.0. The molecule has 0 bridgehead atoms. The third kappa shape index (κ3) is 3.41. The lowest BCUT2D eigenvalue weighted by atomic mass is 9.77. The van der Waals surface area contributed by atoms with E-state index in [4.69, 9.17) is 18.9 Å². The van der Waals surface area contributed by atoms with Gasteiger partial charge in [-0.1, -0.05) is 29.8 Å². The number of carbonyl (C=O) groups excluding carboxylic acids is 2. The van der Waals surface area contributed by atoms with E-state index >= 15 is 0 Å². The topological polar surface area (TPSA) is 71.1 Å². The Kier molecular flexibility index (Phi) is 4.78. The molecule has 0 N–H and O–H groups in total. The molecular formula is C29H22O6. The molecule has 1 atom stereocenters. The molecule has 6 nitrogen and oxygen atoms in total. The third-order valence-electron chi connectivity index (χ3n) is 6.77. The zero-order valence-electron chi connectivity index (χ0n) is 19.3. The Morgan fingerprint density at radius 2 is 1.34 bits per heavy atom. The zero-order chi connectivity index (χ0) is 24.2. The van der Waals surface area contributed by atoms with Crippen molar-refractivity contribution in [3.05, 3.63) is 101 Å². The van der Waals surface area contributed by atoms with Gasteiger partial charge in [0.15, 0.2) is 0 Å². The van der Waals surface area contributed by atoms with Crippen molar-refractivity contribution in [2.24, 2.45) is 0 Å². The van der Waals surface area contributed by atoms with Crippen LogP contribution in [0.4, 0.5) is 0 Å². The molecule has 2 aliphatic rings. The van der Waals surface area contributed by atoms with Gasteiger partial charge in [0, 0.05) is 11.1 Å². The van der Waals surface area contributed by atoms with Gasteiger partial charge in [0.25, 0.3) is 0 Å². The van der Waals surface area contributed by atoms with Crippen molar-refractivity contribution in [3.63, 3.8) is 0 Å². The predicted molar refractivity (Wildman–Crippen MR) is 130 cm³/mol. The normalized spacial score (nSPS) is 17.4. The lowest BCUT2D eigenvalue weighted by Gasteiger charge is -2.21. The number of methoxy groups -OCH3 is 1. The average Bonchev–Trinajstić information content (AvgIpc) is 3.44. The molecule has 0 fully saturated rings. The molecule has 6 heteroatoms. The Morgan fingerprint density at radius 3 is 2.00 bits per heavy atom. The van der Waals surface area contributed by atoms with Crippen LogP contribution in [0.5, 0.6) is 17.2 Å². The number of ether oxygens (including phenoxy) is 4. The Bertz CT molecular complexity index is 1520. The minimum atomic E-state index is -0.462. The summed E-state index contributed by atoms with van der Waals surface area (Å²) in [6.07, 6.45) is 0. The summed E-state index contributed by atoms with van der Waals surface area (Å²) in [6.45, 7) is 3.02. The molecule has 1 spiro atoms. The molecule has 4 aromatic rings. The monoisotopic (exact) mass is 466 g/mol. The first kappa shape index (κ1) is 21.2. The first-order valence-electron chi connectivity index (χ1n) is 11.3. The Hall–Kier alpha value is -4.32. The Balaban J connectivity index is 1.29. The van der Waals surface area contributed by atoms with E-state index in [1.54, 1.807) is 42.5 Å². The van der Waals surface area contributed by atoms with E-state index < -0.39 is 17.4 Å². The molecule has 0 radical (unpaired) electrons. The number of hydrogen-bond donors (Lipinski definition) is 0. The van der Waals surface area contributed by atoms with Crippen molar-refractivity contribution in [1.82, 2.24) is 0 Å². The molecule has 2 heterocycles. The van der Waals surface area contributed by atoms with E-state index in [1.807, 2.05) is 24.3 Å². The van der Waals surface area contributed by atoms with E-state index in [0.29, 0.717) is 30.1 Å². The van der Waals surface area contributed by atoms with Crippen LogP contribution in [-0.4, -0.2) is 32.3 Å². The molecule has 35 heavy (non-hydrogen) atoms. The maximum atomic E-state index is 13.0. The highest BCUT2D eigenvalue weighted by molar-refractivity contribution is 5.99. The molecule has 4 aromatic carbocycles. The summed E-state index contributed by atoms with van der Waals surface area (Å²) in [7, 11) is 1.35. The largest absolute Gasteiger partial charge is 0.492 e. The first-order chi connectivity index (χ1) is 17.0. The van der Waals surface area contributed by atoms with Gasteiger partial charge in [-0.3, -0.25) is 0 Å². The minimum absolute atomic E-state index is 0.404. The Morgan fingerprint density at radius 1 is 0.743 bits per heavy atom. The summed E-state index contributed by atoms with van der Waals surface area (Å²) < 4.78 is 22.5. The molecule has 0 aromatic heterocycles. The summed E-state index contributed by atoms with van der Waals surface area (Å²) in [5.74, 6) is 1.21. The molecule has 0 amide bonds. The van der Waals surface area contributed by atoms with Gasteiger partial charge in [-0.15, -0.1) is 0 Å². The third-order valence-corrected chi connectivity index (χ3v) is 6.77. The van der Waals surface area contributed by atoms with Gasteiger partial charge < -0.3 is 18.9 Å². The van der Waals surface area contributed by atoms with E-state index in [-0.39, 0.29) is 0 Å². The van der Waals surface area contributed by atoms with Crippen molar-refractivity contribution in [2.75, 3.05) is 20.3 Å². The Labute approximate surface area is 202 Å². The van der Waals surface area contributed by atoms with E-state index in [0.717, 1.165) is 39.0 Å². The van der Waals surface area contributed by atoms with Crippen molar-refractivity contribution < 1.29 is 28.5 Å². The summed E-state index contributed by atoms with van der Waals surface area (Å²) in [5, 5.41) is 1.65. The highest BCUT2D eigenvalue weighted by atomic mass is 16.5. The molecule has 2 aliphatic heterocycles. The predicted octanol–water partition coefficient (Wildman–Crippen LogP) is 5.22. The van der Waals surface area contributed by atoms with Crippen LogP contribution in [0.1, 0.15) is 37.4 Å². The second-order valence-corrected chi connectivity index (χ2v) is 8.97. The summed E-state index contributed by atoms with van der Waals surface area (Å²) in [5.41, 5.74) is 3.66. The van der Waals surface area contributed by atoms with E-state index in [2.05, 4.69) is 13.0 Å². The number of fused-ring (bicyclic) bond motifs is 5. The van der Waals surface area contributed by atoms with Gasteiger partial charge in [0.1, 0.15) is 30.5 Å². The van der Waals surface area contributed by atoms with Gasteiger partial charge in [-0.2, -0.15) is 0 Å². The smallest absolute Gasteiger partial charge is 0.343 e. The number of carbonyl (C=O) groups is 2. The van der Waals surface area contributed by atoms with Gasteiger partial charge in [0.05, 0.1) is 23.7 Å². The van der Waals surface area contributed by atoms with E-state index in [1.165, 1.54) is 7.11 Å². The standard InChI is InChI=1S/C29H22O6/c1-17-3-9-25-23(11-17)29(15-33-25)16-34-26-10-8-22(14-24(26)29)35-28(31)21-7-5-18-12-20(27(30)32-2)6-4-19(18)13-21/h3-14H,15-16H2,1-2H3. The van der Waals surface area contributed by atoms with Crippen molar-refractivity contribution >= 4 is 22.7 Å². The van der Waals surface area contributed by atoms with Crippen LogP contribution in [0.15, 0.2) is 72.8 Å². The van der Waals surface area contributed by atoms with Crippen molar-refractivity contribution in [3.8, 4) is 17.2 Å². The van der Waals surface area contributed by atoms with Crippen LogP contribution in [0.2, 0.25) is 0 Å². The highest BCUT2D eigenvalue weighted by Gasteiger charge is 2.49. The number of benzene rings is 4. The van der Waals surface area contributed by atoms with Crippen LogP contribution >= 0.6 is 0 Å². The lowest BCUT2D eigenvalue weighted by Crippen LogP contribution is -2.31. The van der Waals surface area contributed by atoms with Gasteiger partial charge in [-0.05, 0) is 66.2 Å².